The molecule has 0 radical (unpaired) electrons. The van der Waals surface area contributed by atoms with Crippen molar-refractivity contribution < 1.29 is 9.53 Å². The lowest BCUT2D eigenvalue weighted by molar-refractivity contribution is 0.00417. The first-order valence-electron chi connectivity index (χ1n) is 9.20. The number of hydrogen-bond acceptors (Lipinski definition) is 4. The number of carbonyl (C=O) groups excluding carboxylic acids is 1. The molecule has 1 aliphatic rings. The normalized spacial score (nSPS) is 16.5. The molecule has 2 aromatic heterocycles. The lowest BCUT2D eigenvalue weighted by Crippen LogP contribution is -2.46. The second kappa shape index (κ2) is 8.80. The van der Waals surface area contributed by atoms with Gasteiger partial charge in [0.05, 0.1) is 24.9 Å². The van der Waals surface area contributed by atoms with Crippen molar-refractivity contribution in [3.8, 4) is 0 Å². The van der Waals surface area contributed by atoms with Crippen LogP contribution < -0.4 is 5.32 Å². The number of likely N-dealkylation sites (tertiary alicyclic amines) is 1. The van der Waals surface area contributed by atoms with E-state index in [9.17, 15) is 4.79 Å². The number of pyridine rings is 1. The third-order valence-electron chi connectivity index (χ3n) is 4.77. The molecular weight excluding hydrogens is 330 g/mol. The molecule has 1 atom stereocenters. The standard InChI is InChI=1S/C19H27N5O2/c1-3-18(16-12-21-23(2)13-16)22-19(25)24-9-6-17(7-10-24)26-14-15-5-4-8-20-11-15/h4-5,8,11-13,17-18H,3,6-7,9-10,14H2,1-2H3,(H,22,25)/t18-/m0/s1. The van der Waals surface area contributed by atoms with Gasteiger partial charge in [0.1, 0.15) is 0 Å². The number of nitrogens with one attached hydrogen (secondary N) is 1. The summed E-state index contributed by atoms with van der Waals surface area (Å²) in [6, 6.07) is 3.92. The Labute approximate surface area is 154 Å². The monoisotopic (exact) mass is 357 g/mol. The van der Waals surface area contributed by atoms with Crippen molar-refractivity contribution in [1.82, 2.24) is 25.0 Å². The van der Waals surface area contributed by atoms with Gasteiger partial charge in [-0.05, 0) is 30.9 Å². The van der Waals surface area contributed by atoms with E-state index in [1.54, 1.807) is 10.9 Å². The maximum atomic E-state index is 12.6. The largest absolute Gasteiger partial charge is 0.373 e. The number of amides is 2. The summed E-state index contributed by atoms with van der Waals surface area (Å²) in [6.45, 7) is 4.07. The summed E-state index contributed by atoms with van der Waals surface area (Å²) in [5.74, 6) is 0. The molecule has 26 heavy (non-hydrogen) atoms. The quantitative estimate of drug-likeness (QED) is 0.863. The topological polar surface area (TPSA) is 72.3 Å². The number of nitrogens with zero attached hydrogens (tertiary/aromatic N) is 4. The molecule has 2 aromatic rings. The van der Waals surface area contributed by atoms with E-state index >= 15 is 0 Å². The fraction of sp³-hybridized carbons (Fsp3) is 0.526. The van der Waals surface area contributed by atoms with Crippen LogP contribution in [0.25, 0.3) is 0 Å². The van der Waals surface area contributed by atoms with Crippen LogP contribution in [0.5, 0.6) is 0 Å². The SMILES string of the molecule is CC[C@H](NC(=O)N1CCC(OCc2cccnc2)CC1)c1cnn(C)c1. The van der Waals surface area contributed by atoms with Crippen LogP contribution in [0.15, 0.2) is 36.9 Å². The van der Waals surface area contributed by atoms with Gasteiger partial charge < -0.3 is 15.0 Å². The number of rotatable bonds is 6. The van der Waals surface area contributed by atoms with E-state index in [2.05, 4.69) is 22.3 Å². The molecule has 0 saturated carbocycles. The van der Waals surface area contributed by atoms with E-state index in [1.165, 1.54) is 0 Å². The molecule has 1 aliphatic heterocycles. The van der Waals surface area contributed by atoms with Crippen LogP contribution in [0.3, 0.4) is 0 Å². The summed E-state index contributed by atoms with van der Waals surface area (Å²) in [5.41, 5.74) is 2.12. The van der Waals surface area contributed by atoms with E-state index in [4.69, 9.17) is 4.74 Å². The van der Waals surface area contributed by atoms with Crippen LogP contribution in [-0.2, 0) is 18.4 Å². The van der Waals surface area contributed by atoms with Crippen LogP contribution in [0, 0.1) is 0 Å². The Balaban J connectivity index is 1.44. The highest BCUT2D eigenvalue weighted by molar-refractivity contribution is 5.74. The molecule has 0 unspecified atom stereocenters. The van der Waals surface area contributed by atoms with Gasteiger partial charge in [-0.25, -0.2) is 4.79 Å². The average molecular weight is 357 g/mol. The molecule has 1 fully saturated rings. The number of piperidine rings is 1. The molecule has 7 heteroatoms. The molecule has 0 aromatic carbocycles. The Hall–Kier alpha value is -2.41. The molecule has 3 heterocycles. The Morgan fingerprint density at radius 2 is 2.19 bits per heavy atom. The molecule has 0 aliphatic carbocycles. The molecule has 1 saturated heterocycles. The van der Waals surface area contributed by atoms with Gasteiger partial charge in [-0.1, -0.05) is 13.0 Å². The zero-order valence-electron chi connectivity index (χ0n) is 15.5. The average Bonchev–Trinajstić information content (AvgIpc) is 3.11. The number of aromatic nitrogens is 3. The van der Waals surface area contributed by atoms with Crippen molar-refractivity contribution in [1.29, 1.82) is 0 Å². The van der Waals surface area contributed by atoms with Crippen LogP contribution in [0.2, 0.25) is 0 Å². The van der Waals surface area contributed by atoms with Gasteiger partial charge in [0, 0.05) is 44.3 Å². The smallest absolute Gasteiger partial charge is 0.317 e. The van der Waals surface area contributed by atoms with E-state index in [0.29, 0.717) is 19.7 Å². The third-order valence-corrected chi connectivity index (χ3v) is 4.77. The van der Waals surface area contributed by atoms with Gasteiger partial charge in [0.15, 0.2) is 0 Å². The predicted molar refractivity (Wildman–Crippen MR) is 98.4 cm³/mol. The van der Waals surface area contributed by atoms with Crippen LogP contribution in [0.1, 0.15) is 43.4 Å². The molecule has 1 N–H and O–H groups in total. The second-order valence-electron chi connectivity index (χ2n) is 6.72. The van der Waals surface area contributed by atoms with Gasteiger partial charge >= 0.3 is 6.03 Å². The van der Waals surface area contributed by atoms with Crippen molar-refractivity contribution >= 4 is 6.03 Å². The highest BCUT2D eigenvalue weighted by Gasteiger charge is 2.25. The van der Waals surface area contributed by atoms with E-state index < -0.39 is 0 Å². The van der Waals surface area contributed by atoms with Gasteiger partial charge in [-0.2, -0.15) is 5.10 Å². The summed E-state index contributed by atoms with van der Waals surface area (Å²) < 4.78 is 7.72. The first kappa shape index (κ1) is 18.4. The van der Waals surface area contributed by atoms with Crippen LogP contribution >= 0.6 is 0 Å². The number of ether oxygens (including phenoxy) is 1. The summed E-state index contributed by atoms with van der Waals surface area (Å²) >= 11 is 0. The van der Waals surface area contributed by atoms with Gasteiger partial charge in [0.2, 0.25) is 0 Å². The Morgan fingerprint density at radius 3 is 2.81 bits per heavy atom. The fourth-order valence-corrected chi connectivity index (χ4v) is 3.20. The molecular formula is C19H27N5O2. The molecule has 140 valence electrons. The number of urea groups is 1. The van der Waals surface area contributed by atoms with E-state index in [0.717, 1.165) is 30.4 Å². The summed E-state index contributed by atoms with van der Waals surface area (Å²) in [5, 5.41) is 7.31. The molecule has 0 spiro atoms. The minimum Gasteiger partial charge on any atom is -0.373 e. The zero-order chi connectivity index (χ0) is 18.4. The Morgan fingerprint density at radius 1 is 1.38 bits per heavy atom. The highest BCUT2D eigenvalue weighted by Crippen LogP contribution is 2.19. The van der Waals surface area contributed by atoms with Crippen molar-refractivity contribution in [2.24, 2.45) is 7.05 Å². The number of carbonyl (C=O) groups is 1. The molecule has 2 amide bonds. The highest BCUT2D eigenvalue weighted by atomic mass is 16.5. The first-order chi connectivity index (χ1) is 12.7. The molecule has 3 rings (SSSR count). The fourth-order valence-electron chi connectivity index (χ4n) is 3.20. The second-order valence-corrected chi connectivity index (χ2v) is 6.72. The predicted octanol–water partition coefficient (Wildman–Crippen LogP) is 2.66. The third kappa shape index (κ3) is 4.82. The summed E-state index contributed by atoms with van der Waals surface area (Å²) in [6.07, 6.45) is 10.1. The minimum absolute atomic E-state index is 0.00393. The van der Waals surface area contributed by atoms with Crippen LogP contribution in [0.4, 0.5) is 4.79 Å². The van der Waals surface area contributed by atoms with Crippen molar-refractivity contribution in [2.45, 2.75) is 44.9 Å². The van der Waals surface area contributed by atoms with E-state index in [1.807, 2.05) is 42.7 Å². The molecule has 7 nitrogen and oxygen atoms in total. The summed E-state index contributed by atoms with van der Waals surface area (Å²) in [4.78, 5) is 18.5. The number of aryl methyl sites for hydroxylation is 1. The Kier molecular flexibility index (Phi) is 6.22. The maximum Gasteiger partial charge on any atom is 0.317 e. The van der Waals surface area contributed by atoms with Gasteiger partial charge in [-0.3, -0.25) is 9.67 Å². The van der Waals surface area contributed by atoms with Gasteiger partial charge in [0.25, 0.3) is 0 Å². The lowest BCUT2D eigenvalue weighted by Gasteiger charge is -2.33. The minimum atomic E-state index is -0.00795. The lowest BCUT2D eigenvalue weighted by atomic mass is 10.1. The first-order valence-corrected chi connectivity index (χ1v) is 9.20. The van der Waals surface area contributed by atoms with Crippen molar-refractivity contribution in [3.05, 3.63) is 48.0 Å². The Bertz CT molecular complexity index is 695. The maximum absolute atomic E-state index is 12.6. The zero-order valence-corrected chi connectivity index (χ0v) is 15.5. The van der Waals surface area contributed by atoms with Crippen molar-refractivity contribution in [3.63, 3.8) is 0 Å². The number of hydrogen-bond donors (Lipinski definition) is 1. The molecule has 0 bridgehead atoms. The van der Waals surface area contributed by atoms with Crippen LogP contribution in [-0.4, -0.2) is 44.9 Å². The van der Waals surface area contributed by atoms with Crippen molar-refractivity contribution in [2.75, 3.05) is 13.1 Å². The summed E-state index contributed by atoms with van der Waals surface area (Å²) in [7, 11) is 1.88. The van der Waals surface area contributed by atoms with E-state index in [-0.39, 0.29) is 18.2 Å². The van der Waals surface area contributed by atoms with Gasteiger partial charge in [-0.15, -0.1) is 0 Å².